The Balaban J connectivity index is 1.46. The second-order valence-electron chi connectivity index (χ2n) is 10.3. The number of azide groups is 1. The number of unbranched alkanes of at least 4 members (excludes halogenated alkanes) is 1. The van der Waals surface area contributed by atoms with Gasteiger partial charge >= 0.3 is 5.97 Å². The minimum absolute atomic E-state index is 0.0638. The molecule has 1 N–H and O–H groups in total. The van der Waals surface area contributed by atoms with Gasteiger partial charge in [-0.25, -0.2) is 9.36 Å². The van der Waals surface area contributed by atoms with E-state index in [1.54, 1.807) is 18.7 Å². The molecule has 1 fully saturated rings. The van der Waals surface area contributed by atoms with Crippen molar-refractivity contribution in [2.75, 3.05) is 12.8 Å². The molecule has 4 heterocycles. The highest BCUT2D eigenvalue weighted by Gasteiger charge is 2.60. The maximum absolute atomic E-state index is 13.6. The Labute approximate surface area is 249 Å². The number of aliphatic hydroxyl groups is 1. The van der Waals surface area contributed by atoms with E-state index in [2.05, 4.69) is 14.6 Å². The molecule has 0 radical (unpaired) electrons. The molecule has 1 aromatic carbocycles. The highest BCUT2D eigenvalue weighted by molar-refractivity contribution is 7.98. The Morgan fingerprint density at radius 3 is 2.74 bits per heavy atom. The number of benzene rings is 1. The molecule has 5 rings (SSSR count). The maximum atomic E-state index is 13.6. The van der Waals surface area contributed by atoms with Crippen LogP contribution in [0.3, 0.4) is 0 Å². The number of aromatic nitrogens is 2. The predicted octanol–water partition coefficient (Wildman–Crippen LogP) is 4.32. The third kappa shape index (κ3) is 5.24. The molecule has 2 aromatic heterocycles. The van der Waals surface area contributed by atoms with E-state index in [0.29, 0.717) is 17.7 Å². The van der Waals surface area contributed by atoms with Crippen LogP contribution >= 0.6 is 23.1 Å². The van der Waals surface area contributed by atoms with Gasteiger partial charge in [0.25, 0.3) is 12.0 Å². The molecule has 0 saturated carbocycles. The Hall–Kier alpha value is -3.91. The van der Waals surface area contributed by atoms with Crippen LogP contribution in [0.25, 0.3) is 20.8 Å². The van der Waals surface area contributed by atoms with Gasteiger partial charge in [0.15, 0.2) is 0 Å². The molecule has 0 unspecified atom stereocenters. The van der Waals surface area contributed by atoms with Crippen molar-refractivity contribution in [1.29, 1.82) is 0 Å². The lowest BCUT2D eigenvalue weighted by Crippen LogP contribution is -2.63. The van der Waals surface area contributed by atoms with Gasteiger partial charge in [0, 0.05) is 35.1 Å². The molecule has 1 saturated heterocycles. The summed E-state index contributed by atoms with van der Waals surface area (Å²) in [4.78, 5) is 43.3. The summed E-state index contributed by atoms with van der Waals surface area (Å²) in [5, 5.41) is 26.0. The first kappa shape index (κ1) is 29.6. The zero-order valence-corrected chi connectivity index (χ0v) is 24.9. The van der Waals surface area contributed by atoms with E-state index in [1.165, 1.54) is 40.5 Å². The number of thioether (sulfide) groups is 1. The van der Waals surface area contributed by atoms with E-state index in [0.717, 1.165) is 34.1 Å². The summed E-state index contributed by atoms with van der Waals surface area (Å²) < 4.78 is 9.81. The molecule has 0 aliphatic carbocycles. The van der Waals surface area contributed by atoms with E-state index in [4.69, 9.17) is 10.3 Å². The number of non-ortho nitro benzene ring substituents is 1. The van der Waals surface area contributed by atoms with E-state index < -0.39 is 22.9 Å². The standard InChI is InChI=1S/C27H30N7O6S2/c1-15-20(19-12-32-14-31(11-5-4-10-29-30-28)25(41-3)26(32)42-19)23(33-22(15)21(16(2)35)24(33)36)27(37)40-13-17-6-8-18(9-7-17)34(38)39/h6-9,12,14-16,21-22,35H,4-5,10-11,13H2,1-3H3/q+1/t15-,16+,21+,22+/m0/s1. The fourth-order valence-corrected chi connectivity index (χ4v) is 7.95. The minimum atomic E-state index is -0.863. The summed E-state index contributed by atoms with van der Waals surface area (Å²) in [6.07, 6.45) is 6.73. The summed E-state index contributed by atoms with van der Waals surface area (Å²) >= 11 is 3.14. The number of ether oxygens (including phenoxy) is 1. The Kier molecular flexibility index (Phi) is 8.55. The number of fused-ring (bicyclic) bond motifs is 2. The molecule has 3 aromatic rings. The first-order valence-corrected chi connectivity index (χ1v) is 15.5. The van der Waals surface area contributed by atoms with Crippen LogP contribution in [0.15, 0.2) is 52.6 Å². The topological polar surface area (TPSA) is 167 Å². The number of thiazole rings is 1. The van der Waals surface area contributed by atoms with Crippen LogP contribution in [0.2, 0.25) is 0 Å². The predicted molar refractivity (Wildman–Crippen MR) is 155 cm³/mol. The van der Waals surface area contributed by atoms with Crippen LogP contribution in [0.4, 0.5) is 5.69 Å². The van der Waals surface area contributed by atoms with Gasteiger partial charge in [-0.1, -0.05) is 35.1 Å². The molecule has 0 spiro atoms. The summed E-state index contributed by atoms with van der Waals surface area (Å²) in [5.74, 6) is -1.81. The number of aryl methyl sites for hydroxylation is 1. The lowest BCUT2D eigenvalue weighted by Gasteiger charge is -2.46. The fraction of sp³-hybridized carbons (Fsp3) is 0.444. The molecule has 13 nitrogen and oxygen atoms in total. The number of nitro benzene ring substituents is 1. The number of hydrogen-bond acceptors (Lipinski definition) is 9. The Morgan fingerprint density at radius 1 is 1.36 bits per heavy atom. The van der Waals surface area contributed by atoms with Crippen LogP contribution in [0, 0.1) is 22.0 Å². The molecule has 4 atom stereocenters. The van der Waals surface area contributed by atoms with Crippen molar-refractivity contribution in [3.63, 3.8) is 0 Å². The van der Waals surface area contributed by atoms with Crippen molar-refractivity contribution in [3.8, 4) is 0 Å². The molecule has 0 bridgehead atoms. The number of aliphatic hydroxyl groups excluding tert-OH is 1. The van der Waals surface area contributed by atoms with Crippen LogP contribution in [-0.2, 0) is 27.5 Å². The van der Waals surface area contributed by atoms with Crippen LogP contribution in [0.5, 0.6) is 0 Å². The van der Waals surface area contributed by atoms with Crippen molar-refractivity contribution in [2.45, 2.75) is 57.0 Å². The number of rotatable bonds is 12. The summed E-state index contributed by atoms with van der Waals surface area (Å²) in [6, 6.07) is 5.38. The molecule has 2 aliphatic rings. The lowest BCUT2D eigenvalue weighted by atomic mass is 9.77. The Bertz CT molecular complexity index is 1620. The highest BCUT2D eigenvalue weighted by atomic mass is 32.2. The van der Waals surface area contributed by atoms with Gasteiger partial charge in [-0.05, 0) is 49.2 Å². The van der Waals surface area contributed by atoms with E-state index in [9.17, 15) is 24.8 Å². The van der Waals surface area contributed by atoms with Gasteiger partial charge in [0.05, 0.1) is 34.4 Å². The lowest BCUT2D eigenvalue weighted by molar-refractivity contribution is -0.730. The van der Waals surface area contributed by atoms with E-state index in [-0.39, 0.29) is 35.9 Å². The Morgan fingerprint density at radius 2 is 2.10 bits per heavy atom. The average Bonchev–Trinajstić information content (AvgIpc) is 3.58. The maximum Gasteiger partial charge on any atom is 0.355 e. The number of nitrogens with zero attached hydrogens (tertiary/aromatic N) is 7. The largest absolute Gasteiger partial charge is 0.456 e. The summed E-state index contributed by atoms with van der Waals surface area (Å²) in [5.41, 5.74) is 9.87. The summed E-state index contributed by atoms with van der Waals surface area (Å²) in [7, 11) is 0. The number of carbonyl (C=O) groups is 2. The van der Waals surface area contributed by atoms with Crippen LogP contribution in [0.1, 0.15) is 37.1 Å². The normalized spacial score (nSPS) is 20.3. The van der Waals surface area contributed by atoms with Crippen molar-refractivity contribution in [3.05, 3.63) is 73.5 Å². The summed E-state index contributed by atoms with van der Waals surface area (Å²) in [6.45, 7) is 4.65. The number of amides is 1. The van der Waals surface area contributed by atoms with Crippen molar-refractivity contribution in [1.82, 2.24) is 9.30 Å². The smallest absolute Gasteiger partial charge is 0.355 e. The molecule has 15 heteroatoms. The molecular formula is C27H30N7O6S2+. The second kappa shape index (κ2) is 12.1. The van der Waals surface area contributed by atoms with Gasteiger partial charge < -0.3 is 14.7 Å². The molecule has 220 valence electrons. The van der Waals surface area contributed by atoms with Crippen molar-refractivity contribution >= 4 is 51.1 Å². The number of imidazole rings is 1. The first-order valence-electron chi connectivity index (χ1n) is 13.4. The number of hydrogen-bond donors (Lipinski definition) is 1. The third-order valence-corrected chi connectivity index (χ3v) is 9.80. The van der Waals surface area contributed by atoms with Gasteiger partial charge in [-0.2, -0.15) is 4.40 Å². The van der Waals surface area contributed by atoms with Gasteiger partial charge in [0.1, 0.15) is 18.5 Å². The van der Waals surface area contributed by atoms with E-state index >= 15 is 0 Å². The van der Waals surface area contributed by atoms with Crippen molar-refractivity contribution in [2.24, 2.45) is 17.0 Å². The third-order valence-electron chi connectivity index (χ3n) is 7.72. The minimum Gasteiger partial charge on any atom is -0.456 e. The number of carbonyl (C=O) groups excluding carboxylic acids is 2. The fourth-order valence-electron chi connectivity index (χ4n) is 5.75. The second-order valence-corrected chi connectivity index (χ2v) is 12.1. The number of nitro groups is 1. The van der Waals surface area contributed by atoms with Gasteiger partial charge in [0.2, 0.25) is 15.8 Å². The molecule has 42 heavy (non-hydrogen) atoms. The monoisotopic (exact) mass is 612 g/mol. The quantitative estimate of drug-likeness (QED) is 0.0304. The highest BCUT2D eigenvalue weighted by Crippen LogP contribution is 2.52. The number of esters is 1. The molecule has 2 aliphatic heterocycles. The van der Waals surface area contributed by atoms with Crippen LogP contribution < -0.4 is 4.57 Å². The number of β-lactam (4-membered cyclic amide) rings is 1. The van der Waals surface area contributed by atoms with Crippen LogP contribution in [-0.4, -0.2) is 56.2 Å². The SMILES string of the molecule is CSc1c2sc(C3=C(C(=O)OCc4ccc([N+](=O)[O-])cc4)N4C(=O)[C@H]([C@@H](C)O)[C@H]4[C@H]3C)cn2c[n+]1CCCCN=[N+]=[N-]. The van der Waals surface area contributed by atoms with Crippen molar-refractivity contribution < 1.29 is 28.9 Å². The first-order chi connectivity index (χ1) is 20.2. The molecule has 1 amide bonds. The van der Waals surface area contributed by atoms with E-state index in [1.807, 2.05) is 30.1 Å². The van der Waals surface area contributed by atoms with Gasteiger partial charge in [-0.3, -0.25) is 14.9 Å². The average molecular weight is 613 g/mol. The van der Waals surface area contributed by atoms with Gasteiger partial charge in [-0.15, -0.1) is 0 Å². The molecular weight excluding hydrogens is 582 g/mol. The zero-order chi connectivity index (χ0) is 30.1. The zero-order valence-electron chi connectivity index (χ0n) is 23.2.